The minimum absolute atomic E-state index is 0.0796. The summed E-state index contributed by atoms with van der Waals surface area (Å²) in [6.45, 7) is 1.53. The van der Waals surface area contributed by atoms with E-state index in [4.69, 9.17) is 0 Å². The molecule has 1 atom stereocenters. The third kappa shape index (κ3) is 3.02. The van der Waals surface area contributed by atoms with Crippen molar-refractivity contribution in [2.75, 3.05) is 19.3 Å². The van der Waals surface area contributed by atoms with Gasteiger partial charge in [-0.15, -0.1) is 0 Å². The molecule has 0 bridgehead atoms. The van der Waals surface area contributed by atoms with Crippen LogP contribution >= 0.6 is 11.8 Å². The number of rotatable bonds is 4. The van der Waals surface area contributed by atoms with Gasteiger partial charge in [-0.1, -0.05) is 17.8 Å². The highest BCUT2D eigenvalue weighted by Crippen LogP contribution is 2.41. The maximum atomic E-state index is 13.0. The maximum Gasteiger partial charge on any atom is 0.257 e. The van der Waals surface area contributed by atoms with Gasteiger partial charge in [0.1, 0.15) is 0 Å². The molecule has 124 valence electrons. The molecule has 0 N–H and O–H groups in total. The van der Waals surface area contributed by atoms with E-state index in [-0.39, 0.29) is 5.91 Å². The average molecular weight is 340 g/mol. The maximum absolute atomic E-state index is 13.0. The summed E-state index contributed by atoms with van der Waals surface area (Å²) in [6.07, 6.45) is 10.6. The second-order valence-electron chi connectivity index (χ2n) is 6.45. The molecule has 1 saturated heterocycles. The van der Waals surface area contributed by atoms with Gasteiger partial charge < -0.3 is 4.90 Å². The molecular weight excluding hydrogens is 320 g/mol. The van der Waals surface area contributed by atoms with Crippen LogP contribution in [0.1, 0.15) is 52.7 Å². The van der Waals surface area contributed by atoms with E-state index in [0.717, 1.165) is 43.2 Å². The topological polar surface area (TPSA) is 59.0 Å². The zero-order valence-corrected chi connectivity index (χ0v) is 14.5. The smallest absolute Gasteiger partial charge is 0.257 e. The lowest BCUT2D eigenvalue weighted by Crippen LogP contribution is -2.29. The lowest BCUT2D eigenvalue weighted by molar-refractivity contribution is 0.0788. The Labute approximate surface area is 145 Å². The highest BCUT2D eigenvalue weighted by molar-refractivity contribution is 7.98. The molecular formula is C18H20N4OS. The molecule has 1 saturated carbocycles. The summed E-state index contributed by atoms with van der Waals surface area (Å²) in [4.78, 5) is 28.1. The van der Waals surface area contributed by atoms with Gasteiger partial charge in [0.15, 0.2) is 5.16 Å². The summed E-state index contributed by atoms with van der Waals surface area (Å²) < 4.78 is 0. The first kappa shape index (κ1) is 15.6. The van der Waals surface area contributed by atoms with Crippen LogP contribution in [0.3, 0.4) is 0 Å². The number of nitrogens with zero attached hydrogens (tertiary/aromatic N) is 4. The lowest BCUT2D eigenvalue weighted by Gasteiger charge is -2.18. The van der Waals surface area contributed by atoms with E-state index < -0.39 is 0 Å². The van der Waals surface area contributed by atoms with Crippen molar-refractivity contribution < 1.29 is 4.79 Å². The predicted molar refractivity (Wildman–Crippen MR) is 93.3 cm³/mol. The van der Waals surface area contributed by atoms with Crippen molar-refractivity contribution in [2.24, 2.45) is 0 Å². The van der Waals surface area contributed by atoms with Crippen molar-refractivity contribution in [3.63, 3.8) is 0 Å². The average Bonchev–Trinajstić information content (AvgIpc) is 3.37. The van der Waals surface area contributed by atoms with Gasteiger partial charge in [0.25, 0.3) is 5.91 Å². The number of hydrogen-bond donors (Lipinski definition) is 0. The molecule has 6 heteroatoms. The van der Waals surface area contributed by atoms with Crippen LogP contribution < -0.4 is 0 Å². The Hall–Kier alpha value is -1.95. The normalized spacial score (nSPS) is 20.4. The first-order chi connectivity index (χ1) is 11.8. The molecule has 1 amide bonds. The molecule has 1 aliphatic carbocycles. The molecule has 1 aliphatic heterocycles. The quantitative estimate of drug-likeness (QED) is 0.632. The van der Waals surface area contributed by atoms with Crippen LogP contribution in [-0.2, 0) is 0 Å². The summed E-state index contributed by atoms with van der Waals surface area (Å²) in [6, 6.07) is 4.05. The van der Waals surface area contributed by atoms with E-state index in [1.165, 1.54) is 17.3 Å². The molecule has 2 aliphatic rings. The first-order valence-corrected chi connectivity index (χ1v) is 9.59. The van der Waals surface area contributed by atoms with Gasteiger partial charge in [-0.05, 0) is 37.1 Å². The van der Waals surface area contributed by atoms with Gasteiger partial charge in [-0.3, -0.25) is 9.78 Å². The monoisotopic (exact) mass is 340 g/mol. The third-order valence-electron chi connectivity index (χ3n) is 4.80. The van der Waals surface area contributed by atoms with Crippen LogP contribution in [-0.4, -0.2) is 45.1 Å². The van der Waals surface area contributed by atoms with Crippen molar-refractivity contribution in [1.82, 2.24) is 19.9 Å². The van der Waals surface area contributed by atoms with Gasteiger partial charge in [0.05, 0.1) is 11.3 Å². The van der Waals surface area contributed by atoms with Crippen LogP contribution in [0.4, 0.5) is 0 Å². The minimum atomic E-state index is 0.0796. The van der Waals surface area contributed by atoms with Crippen molar-refractivity contribution >= 4 is 17.7 Å². The Morgan fingerprint density at radius 1 is 1.25 bits per heavy atom. The van der Waals surface area contributed by atoms with Crippen molar-refractivity contribution in [3.05, 3.63) is 47.5 Å². The fourth-order valence-electron chi connectivity index (χ4n) is 3.31. The zero-order valence-electron chi connectivity index (χ0n) is 13.7. The number of likely N-dealkylation sites (tertiary alicyclic amines) is 1. The Bertz CT molecular complexity index is 748. The minimum Gasteiger partial charge on any atom is -0.338 e. The molecule has 24 heavy (non-hydrogen) atoms. The van der Waals surface area contributed by atoms with Gasteiger partial charge in [-0.2, -0.15) is 0 Å². The molecule has 5 nitrogen and oxygen atoms in total. The van der Waals surface area contributed by atoms with Crippen LogP contribution in [0.15, 0.2) is 35.9 Å². The molecule has 2 aromatic rings. The molecule has 2 fully saturated rings. The molecule has 3 heterocycles. The summed E-state index contributed by atoms with van der Waals surface area (Å²) in [5, 5.41) is 0.753. The molecule has 0 spiro atoms. The number of aromatic nitrogens is 3. The summed E-state index contributed by atoms with van der Waals surface area (Å²) in [5.74, 6) is 0.893. The summed E-state index contributed by atoms with van der Waals surface area (Å²) in [7, 11) is 0. The van der Waals surface area contributed by atoms with E-state index in [2.05, 4.69) is 21.0 Å². The van der Waals surface area contributed by atoms with Crippen molar-refractivity contribution in [3.8, 4) is 0 Å². The van der Waals surface area contributed by atoms with E-state index in [0.29, 0.717) is 17.4 Å². The summed E-state index contributed by atoms with van der Waals surface area (Å²) >= 11 is 1.52. The predicted octanol–water partition coefficient (Wildman–Crippen LogP) is 3.10. The number of hydrogen-bond acceptors (Lipinski definition) is 5. The molecule has 2 aromatic heterocycles. The van der Waals surface area contributed by atoms with Gasteiger partial charge in [-0.25, -0.2) is 9.97 Å². The van der Waals surface area contributed by atoms with Gasteiger partial charge >= 0.3 is 0 Å². The molecule has 1 unspecified atom stereocenters. The third-order valence-corrected chi connectivity index (χ3v) is 5.37. The second-order valence-corrected chi connectivity index (χ2v) is 7.23. The standard InChI is InChI=1S/C18H20N4OS/c1-24-18-20-10-15(16(21-18)12-4-5-12)17(23)22-8-6-14(11-22)13-3-2-7-19-9-13/h2-3,7,9-10,12,14H,4-6,8,11H2,1H3. The molecule has 4 rings (SSSR count). The zero-order chi connectivity index (χ0) is 16.5. The van der Waals surface area contributed by atoms with E-state index in [1.807, 2.05) is 23.4 Å². The number of carbonyl (C=O) groups is 1. The van der Waals surface area contributed by atoms with E-state index >= 15 is 0 Å². The number of pyridine rings is 1. The van der Waals surface area contributed by atoms with Crippen molar-refractivity contribution in [2.45, 2.75) is 36.3 Å². The molecule has 0 radical (unpaired) electrons. The lowest BCUT2D eigenvalue weighted by atomic mass is 10.0. The molecule has 0 aromatic carbocycles. The largest absolute Gasteiger partial charge is 0.338 e. The summed E-state index contributed by atoms with van der Waals surface area (Å²) in [5.41, 5.74) is 2.86. The van der Waals surface area contributed by atoms with E-state index in [9.17, 15) is 4.79 Å². The van der Waals surface area contributed by atoms with Crippen LogP contribution in [0.2, 0.25) is 0 Å². The SMILES string of the molecule is CSc1ncc(C(=O)N2CCC(c3cccnc3)C2)c(C2CC2)n1. The van der Waals surface area contributed by atoms with Crippen molar-refractivity contribution in [1.29, 1.82) is 0 Å². The number of carbonyl (C=O) groups excluding carboxylic acids is 1. The van der Waals surface area contributed by atoms with Gasteiger partial charge in [0, 0.05) is 43.5 Å². The van der Waals surface area contributed by atoms with E-state index in [1.54, 1.807) is 12.4 Å². The second kappa shape index (κ2) is 6.51. The number of amides is 1. The fourth-order valence-corrected chi connectivity index (χ4v) is 3.66. The van der Waals surface area contributed by atoms with Crippen LogP contribution in [0.5, 0.6) is 0 Å². The number of thioether (sulfide) groups is 1. The first-order valence-electron chi connectivity index (χ1n) is 8.36. The van der Waals surface area contributed by atoms with Gasteiger partial charge in [0.2, 0.25) is 0 Å². The highest BCUT2D eigenvalue weighted by atomic mass is 32.2. The fraction of sp³-hybridized carbons (Fsp3) is 0.444. The highest BCUT2D eigenvalue weighted by Gasteiger charge is 2.34. The Balaban J connectivity index is 1.54. The van der Waals surface area contributed by atoms with Crippen LogP contribution in [0, 0.1) is 0 Å². The Morgan fingerprint density at radius 2 is 2.12 bits per heavy atom. The Morgan fingerprint density at radius 3 is 2.83 bits per heavy atom. The Kier molecular flexibility index (Phi) is 4.22. The van der Waals surface area contributed by atoms with Crippen LogP contribution in [0.25, 0.3) is 0 Å².